The first-order valence-electron chi connectivity index (χ1n) is 11.1. The van der Waals surface area contributed by atoms with Crippen LogP contribution < -0.4 is 10.6 Å². The van der Waals surface area contributed by atoms with Crippen LogP contribution in [-0.2, 0) is 29.0 Å². The van der Waals surface area contributed by atoms with Crippen molar-refractivity contribution in [3.8, 4) is 0 Å². The van der Waals surface area contributed by atoms with E-state index in [4.69, 9.17) is 5.11 Å². The van der Waals surface area contributed by atoms with Crippen molar-refractivity contribution in [2.45, 2.75) is 55.9 Å². The fourth-order valence-electron chi connectivity index (χ4n) is 4.00. The molecule has 0 aliphatic carbocycles. The number of rotatable bonds is 11. The van der Waals surface area contributed by atoms with E-state index in [0.717, 1.165) is 0 Å². The minimum atomic E-state index is -3.96. The summed E-state index contributed by atoms with van der Waals surface area (Å²) in [6.45, 7) is 0.0181. The Morgan fingerprint density at radius 1 is 1.06 bits per heavy atom. The van der Waals surface area contributed by atoms with Crippen LogP contribution in [-0.4, -0.2) is 72.3 Å². The summed E-state index contributed by atoms with van der Waals surface area (Å²) in [6.07, 6.45) is 0.835. The Morgan fingerprint density at radius 3 is 2.49 bits per heavy atom. The second-order valence-electron chi connectivity index (χ2n) is 8.25. The third-order valence-corrected chi connectivity index (χ3v) is 7.58. The molecule has 2 aliphatic heterocycles. The van der Waals surface area contributed by atoms with E-state index in [-0.39, 0.29) is 66.3 Å². The molecule has 1 fully saturated rings. The highest BCUT2D eigenvalue weighted by atomic mass is 32.2. The van der Waals surface area contributed by atoms with E-state index in [2.05, 4.69) is 10.6 Å². The molecule has 1 aromatic rings. The lowest BCUT2D eigenvalue weighted by molar-refractivity contribution is -0.138. The summed E-state index contributed by atoms with van der Waals surface area (Å²) in [4.78, 5) is 72.1. The predicted molar refractivity (Wildman–Crippen MR) is 119 cm³/mol. The molecule has 12 nitrogen and oxygen atoms in total. The summed E-state index contributed by atoms with van der Waals surface area (Å²) in [6, 6.07) is 2.72. The minimum Gasteiger partial charge on any atom is -0.481 e. The van der Waals surface area contributed by atoms with Crippen LogP contribution in [0.5, 0.6) is 0 Å². The van der Waals surface area contributed by atoms with Gasteiger partial charge in [-0.1, -0.05) is 12.5 Å². The first-order chi connectivity index (χ1) is 16.5. The molecule has 3 rings (SSSR count). The highest BCUT2D eigenvalue weighted by molar-refractivity contribution is 7.91. The van der Waals surface area contributed by atoms with E-state index in [1.54, 1.807) is 0 Å². The number of amides is 5. The van der Waals surface area contributed by atoms with Gasteiger partial charge in [-0.05, 0) is 31.4 Å². The Bertz CT molecular complexity index is 1190. The molecular formula is C22H25N3O9S. The average molecular weight is 508 g/mol. The van der Waals surface area contributed by atoms with E-state index in [1.165, 1.54) is 18.2 Å². The maximum atomic E-state index is 13.1. The predicted octanol–water partition coefficient (Wildman–Crippen LogP) is 0.0128. The SMILES string of the molecule is O=C(O)CCNC(=O)CCCCCS(=O)(=O)c1cccc2c1C(=O)N(C1CCC(=O)NC1=O)C2=O. The molecule has 0 radical (unpaired) electrons. The normalized spacial score (nSPS) is 17.8. The van der Waals surface area contributed by atoms with Crippen molar-refractivity contribution >= 4 is 45.3 Å². The number of aliphatic carboxylic acids is 1. The lowest BCUT2D eigenvalue weighted by Gasteiger charge is -2.27. The van der Waals surface area contributed by atoms with Crippen LogP contribution in [0.3, 0.4) is 0 Å². The van der Waals surface area contributed by atoms with Crippen LogP contribution in [0.15, 0.2) is 23.1 Å². The fraction of sp³-hybridized carbons (Fsp3) is 0.455. The molecule has 2 heterocycles. The molecule has 2 aliphatic rings. The number of nitrogens with one attached hydrogen (secondary N) is 2. The van der Waals surface area contributed by atoms with Crippen LogP contribution in [0.2, 0.25) is 0 Å². The zero-order valence-corrected chi connectivity index (χ0v) is 19.6. The summed E-state index contributed by atoms with van der Waals surface area (Å²) in [5, 5.41) is 13.1. The van der Waals surface area contributed by atoms with Crippen LogP contribution >= 0.6 is 0 Å². The van der Waals surface area contributed by atoms with Gasteiger partial charge in [0.2, 0.25) is 17.7 Å². The van der Waals surface area contributed by atoms with Crippen molar-refractivity contribution in [1.82, 2.24) is 15.5 Å². The summed E-state index contributed by atoms with van der Waals surface area (Å²) < 4.78 is 26.0. The highest BCUT2D eigenvalue weighted by Gasteiger charge is 2.46. The first-order valence-corrected chi connectivity index (χ1v) is 12.7. The summed E-state index contributed by atoms with van der Waals surface area (Å²) in [7, 11) is -3.96. The smallest absolute Gasteiger partial charge is 0.305 e. The number of carbonyl (C=O) groups excluding carboxylic acids is 5. The molecule has 0 bridgehead atoms. The molecule has 1 aromatic carbocycles. The Balaban J connectivity index is 1.63. The zero-order chi connectivity index (χ0) is 25.8. The van der Waals surface area contributed by atoms with E-state index in [0.29, 0.717) is 17.7 Å². The molecule has 3 N–H and O–H groups in total. The number of nitrogens with zero attached hydrogens (tertiary/aromatic N) is 1. The van der Waals surface area contributed by atoms with Gasteiger partial charge in [0.15, 0.2) is 9.84 Å². The van der Waals surface area contributed by atoms with Gasteiger partial charge < -0.3 is 10.4 Å². The minimum absolute atomic E-state index is 0.0181. The molecule has 1 atom stereocenters. The van der Waals surface area contributed by atoms with Crippen molar-refractivity contribution in [2.75, 3.05) is 12.3 Å². The largest absolute Gasteiger partial charge is 0.481 e. The number of hydrogen-bond donors (Lipinski definition) is 3. The van der Waals surface area contributed by atoms with Crippen molar-refractivity contribution in [3.05, 3.63) is 29.3 Å². The lowest BCUT2D eigenvalue weighted by atomic mass is 10.0. The quantitative estimate of drug-likeness (QED) is 0.274. The van der Waals surface area contributed by atoms with Crippen molar-refractivity contribution in [2.24, 2.45) is 0 Å². The average Bonchev–Trinajstić information content (AvgIpc) is 3.03. The molecule has 0 saturated carbocycles. The first kappa shape index (κ1) is 26.0. The number of imide groups is 2. The van der Waals surface area contributed by atoms with Crippen LogP contribution in [0.1, 0.15) is 65.7 Å². The number of fused-ring (bicyclic) bond motifs is 1. The van der Waals surface area contributed by atoms with Crippen LogP contribution in [0, 0.1) is 0 Å². The van der Waals surface area contributed by atoms with Gasteiger partial charge in [0, 0.05) is 19.4 Å². The second-order valence-corrected chi connectivity index (χ2v) is 10.3. The van der Waals surface area contributed by atoms with Crippen LogP contribution in [0.4, 0.5) is 0 Å². The molecule has 0 spiro atoms. The van der Waals surface area contributed by atoms with Gasteiger partial charge in [-0.15, -0.1) is 0 Å². The van der Waals surface area contributed by atoms with Gasteiger partial charge in [0.05, 0.1) is 28.2 Å². The number of piperidine rings is 1. The van der Waals surface area contributed by atoms with E-state index < -0.39 is 45.5 Å². The topological polar surface area (TPSA) is 184 Å². The molecule has 1 unspecified atom stereocenters. The molecule has 188 valence electrons. The third kappa shape index (κ3) is 5.91. The third-order valence-electron chi connectivity index (χ3n) is 5.74. The van der Waals surface area contributed by atoms with E-state index in [9.17, 15) is 37.2 Å². The second kappa shape index (κ2) is 10.8. The van der Waals surface area contributed by atoms with Gasteiger partial charge in [0.25, 0.3) is 11.8 Å². The Labute approximate surface area is 201 Å². The van der Waals surface area contributed by atoms with Gasteiger partial charge in [-0.2, -0.15) is 0 Å². The Kier molecular flexibility index (Phi) is 7.99. The summed E-state index contributed by atoms with van der Waals surface area (Å²) >= 11 is 0. The van der Waals surface area contributed by atoms with Crippen LogP contribution in [0.25, 0.3) is 0 Å². The van der Waals surface area contributed by atoms with E-state index >= 15 is 0 Å². The van der Waals surface area contributed by atoms with Gasteiger partial charge >= 0.3 is 5.97 Å². The van der Waals surface area contributed by atoms with Crippen molar-refractivity contribution < 1.29 is 42.3 Å². The number of carbonyl (C=O) groups is 6. The molecule has 0 aromatic heterocycles. The lowest BCUT2D eigenvalue weighted by Crippen LogP contribution is -2.54. The van der Waals surface area contributed by atoms with Gasteiger partial charge in [0.1, 0.15) is 6.04 Å². The Morgan fingerprint density at radius 2 is 1.80 bits per heavy atom. The maximum Gasteiger partial charge on any atom is 0.305 e. The molecule has 13 heteroatoms. The summed E-state index contributed by atoms with van der Waals surface area (Å²) in [5.74, 6) is -4.64. The number of sulfone groups is 1. The van der Waals surface area contributed by atoms with Gasteiger partial charge in [-0.25, -0.2) is 8.42 Å². The zero-order valence-electron chi connectivity index (χ0n) is 18.7. The highest BCUT2D eigenvalue weighted by Crippen LogP contribution is 2.32. The fourth-order valence-corrected chi connectivity index (χ4v) is 5.60. The molecule has 1 saturated heterocycles. The molecular weight excluding hydrogens is 482 g/mol. The number of hydrogen-bond acceptors (Lipinski definition) is 8. The number of carboxylic acids is 1. The molecule has 5 amide bonds. The number of carboxylic acid groups (broad SMARTS) is 1. The number of benzene rings is 1. The monoisotopic (exact) mass is 507 g/mol. The maximum absolute atomic E-state index is 13.1. The van der Waals surface area contributed by atoms with Gasteiger partial charge in [-0.3, -0.25) is 39.0 Å². The number of unbranched alkanes of at least 4 members (excludes halogenated alkanes) is 2. The van der Waals surface area contributed by atoms with Crippen molar-refractivity contribution in [3.63, 3.8) is 0 Å². The Hall–Kier alpha value is -3.61. The van der Waals surface area contributed by atoms with Crippen molar-refractivity contribution in [1.29, 1.82) is 0 Å². The molecule has 35 heavy (non-hydrogen) atoms. The standard InChI is InChI=1S/C22H25N3O9S/c26-16(23-11-10-18(28)29)7-2-1-3-12-35(33,34)15-6-4-5-13-19(15)22(32)25(21(13)31)14-8-9-17(27)24-20(14)30/h4-6,14H,1-3,7-12H2,(H,23,26)(H,28,29)(H,24,27,30). The van der Waals surface area contributed by atoms with E-state index in [1.807, 2.05) is 0 Å². The summed E-state index contributed by atoms with van der Waals surface area (Å²) in [5.41, 5.74) is -0.390.